The molecule has 1 aliphatic rings. The molecule has 1 aromatic heterocycles. The molecule has 4 aromatic rings. The van der Waals surface area contributed by atoms with Gasteiger partial charge in [0.05, 0.1) is 5.56 Å². The fraction of sp³-hybridized carbons (Fsp3) is 0.172. The summed E-state index contributed by atoms with van der Waals surface area (Å²) in [7, 11) is 0. The zero-order chi connectivity index (χ0) is 22.6. The summed E-state index contributed by atoms with van der Waals surface area (Å²) < 4.78 is 6.45. The average Bonchev–Trinajstić information content (AvgIpc) is 3.31. The number of nitrogens with zero attached hydrogens (tertiary/aromatic N) is 1. The molecule has 0 amide bonds. The topological polar surface area (TPSA) is 63.3 Å². The summed E-state index contributed by atoms with van der Waals surface area (Å²) in [6.07, 6.45) is 6.11. The molecule has 1 atom stereocenters. The highest BCUT2D eigenvalue weighted by Crippen LogP contribution is 2.40. The van der Waals surface area contributed by atoms with Crippen molar-refractivity contribution in [2.75, 3.05) is 0 Å². The minimum Gasteiger partial charge on any atom is -0.478 e. The third-order valence-electron chi connectivity index (χ3n) is 6.17. The summed E-state index contributed by atoms with van der Waals surface area (Å²) in [5.74, 6) is 0.763. The molecule has 5 rings (SSSR count). The van der Waals surface area contributed by atoms with Crippen LogP contribution in [0.5, 0.6) is 0 Å². The minimum atomic E-state index is -0.899. The van der Waals surface area contributed by atoms with Gasteiger partial charge in [-0.1, -0.05) is 78.9 Å². The van der Waals surface area contributed by atoms with Crippen molar-refractivity contribution >= 4 is 11.5 Å². The van der Waals surface area contributed by atoms with E-state index in [2.05, 4.69) is 18.2 Å². The van der Waals surface area contributed by atoms with Gasteiger partial charge in [-0.05, 0) is 49.3 Å². The molecule has 4 heteroatoms. The standard InChI is InChI=1S/C29H25NO3/c31-29(32)24-16-9-10-20(19-24)18-23-15-7-8-17-25(23)28-30-26(21-11-3-1-4-12-21)27(33-28)22-13-5-2-6-14-22/h1-6,9-14,16-17,19,23H,7-8,15,18H2,(H,31,32)/t23-/m1/s1. The predicted octanol–water partition coefficient (Wildman–Crippen LogP) is 7.13. The van der Waals surface area contributed by atoms with Gasteiger partial charge in [0.2, 0.25) is 5.89 Å². The van der Waals surface area contributed by atoms with E-state index in [0.29, 0.717) is 11.5 Å². The Morgan fingerprint density at radius 2 is 1.67 bits per heavy atom. The first-order valence-electron chi connectivity index (χ1n) is 11.3. The molecule has 1 aliphatic carbocycles. The number of oxazole rings is 1. The van der Waals surface area contributed by atoms with E-state index in [1.807, 2.05) is 60.7 Å². The van der Waals surface area contributed by atoms with Crippen LogP contribution in [0.3, 0.4) is 0 Å². The van der Waals surface area contributed by atoms with E-state index >= 15 is 0 Å². The summed E-state index contributed by atoms with van der Waals surface area (Å²) in [6.45, 7) is 0. The second-order valence-corrected chi connectivity index (χ2v) is 8.43. The van der Waals surface area contributed by atoms with Crippen LogP contribution in [0.4, 0.5) is 0 Å². The number of carboxylic acid groups (broad SMARTS) is 1. The van der Waals surface area contributed by atoms with Crippen molar-refractivity contribution in [1.82, 2.24) is 4.98 Å². The van der Waals surface area contributed by atoms with E-state index in [0.717, 1.165) is 59.4 Å². The maximum Gasteiger partial charge on any atom is 0.335 e. The van der Waals surface area contributed by atoms with Crippen molar-refractivity contribution < 1.29 is 14.3 Å². The lowest BCUT2D eigenvalue weighted by molar-refractivity contribution is 0.0696. The van der Waals surface area contributed by atoms with Crippen LogP contribution in [0.1, 0.15) is 41.1 Å². The molecule has 4 nitrogen and oxygen atoms in total. The van der Waals surface area contributed by atoms with Crippen LogP contribution in [0.15, 0.2) is 95.4 Å². The summed E-state index contributed by atoms with van der Waals surface area (Å²) >= 11 is 0. The minimum absolute atomic E-state index is 0.230. The number of hydrogen-bond acceptors (Lipinski definition) is 3. The Bertz CT molecular complexity index is 1230. The Morgan fingerprint density at radius 3 is 2.39 bits per heavy atom. The lowest BCUT2D eigenvalue weighted by atomic mass is 9.83. The maximum absolute atomic E-state index is 11.4. The molecule has 0 saturated heterocycles. The Kier molecular flexibility index (Phi) is 5.90. The molecule has 164 valence electrons. The van der Waals surface area contributed by atoms with Gasteiger partial charge in [0.25, 0.3) is 0 Å². The first-order valence-corrected chi connectivity index (χ1v) is 11.3. The first kappa shape index (κ1) is 21.0. The lowest BCUT2D eigenvalue weighted by Gasteiger charge is -2.22. The number of allylic oxidation sites excluding steroid dienone is 2. The number of aromatic carboxylic acids is 1. The molecule has 33 heavy (non-hydrogen) atoms. The number of benzene rings is 3. The summed E-state index contributed by atoms with van der Waals surface area (Å²) in [6, 6.07) is 27.4. The Labute approximate surface area is 193 Å². The summed E-state index contributed by atoms with van der Waals surface area (Å²) in [5, 5.41) is 9.36. The van der Waals surface area contributed by atoms with Crippen molar-refractivity contribution in [2.45, 2.75) is 25.7 Å². The molecule has 0 aliphatic heterocycles. The fourth-order valence-corrected chi connectivity index (χ4v) is 4.55. The molecule has 3 aromatic carbocycles. The molecular weight excluding hydrogens is 410 g/mol. The van der Waals surface area contributed by atoms with E-state index in [9.17, 15) is 9.90 Å². The van der Waals surface area contributed by atoms with Crippen molar-refractivity contribution in [3.63, 3.8) is 0 Å². The number of rotatable bonds is 6. The quantitative estimate of drug-likeness (QED) is 0.350. The Balaban J connectivity index is 1.53. The molecule has 0 saturated carbocycles. The Hall–Kier alpha value is -3.92. The predicted molar refractivity (Wildman–Crippen MR) is 130 cm³/mol. The van der Waals surface area contributed by atoms with Gasteiger partial charge in [0.15, 0.2) is 5.76 Å². The van der Waals surface area contributed by atoms with Crippen LogP contribution in [-0.2, 0) is 6.42 Å². The van der Waals surface area contributed by atoms with Crippen LogP contribution in [-0.4, -0.2) is 16.1 Å². The van der Waals surface area contributed by atoms with Crippen LogP contribution in [0.2, 0.25) is 0 Å². The van der Waals surface area contributed by atoms with Crippen molar-refractivity contribution in [3.8, 4) is 22.6 Å². The maximum atomic E-state index is 11.4. The van der Waals surface area contributed by atoms with Crippen molar-refractivity contribution in [1.29, 1.82) is 0 Å². The van der Waals surface area contributed by atoms with Crippen LogP contribution < -0.4 is 0 Å². The third kappa shape index (κ3) is 4.51. The van der Waals surface area contributed by atoms with Gasteiger partial charge in [0, 0.05) is 16.7 Å². The summed E-state index contributed by atoms with van der Waals surface area (Å²) in [4.78, 5) is 16.4. The zero-order valence-corrected chi connectivity index (χ0v) is 18.3. The smallest absolute Gasteiger partial charge is 0.335 e. The summed E-state index contributed by atoms with van der Waals surface area (Å²) in [5.41, 5.74) is 5.32. The zero-order valence-electron chi connectivity index (χ0n) is 18.3. The number of aromatic nitrogens is 1. The third-order valence-corrected chi connectivity index (χ3v) is 6.17. The van der Waals surface area contributed by atoms with E-state index in [-0.39, 0.29) is 5.92 Å². The monoisotopic (exact) mass is 435 g/mol. The van der Waals surface area contributed by atoms with Crippen LogP contribution in [0.25, 0.3) is 28.2 Å². The van der Waals surface area contributed by atoms with Gasteiger partial charge in [0.1, 0.15) is 5.69 Å². The van der Waals surface area contributed by atoms with Crippen molar-refractivity contribution in [2.24, 2.45) is 5.92 Å². The van der Waals surface area contributed by atoms with Crippen LogP contribution in [0, 0.1) is 5.92 Å². The highest BCUT2D eigenvalue weighted by atomic mass is 16.4. The van der Waals surface area contributed by atoms with Gasteiger partial charge in [-0.15, -0.1) is 0 Å². The molecule has 0 unspecified atom stereocenters. The largest absolute Gasteiger partial charge is 0.478 e. The molecule has 1 N–H and O–H groups in total. The average molecular weight is 436 g/mol. The molecule has 0 radical (unpaired) electrons. The SMILES string of the molecule is O=C(O)c1cccc(C[C@H]2CCCC=C2c2nc(-c3ccccc3)c(-c3ccccc3)o2)c1. The van der Waals surface area contributed by atoms with E-state index < -0.39 is 5.97 Å². The normalized spacial score (nSPS) is 15.8. The van der Waals surface area contributed by atoms with Crippen molar-refractivity contribution in [3.05, 3.63) is 108 Å². The number of hydrogen-bond donors (Lipinski definition) is 1. The van der Waals surface area contributed by atoms with E-state index in [1.165, 1.54) is 0 Å². The fourth-order valence-electron chi connectivity index (χ4n) is 4.55. The Morgan fingerprint density at radius 1 is 0.939 bits per heavy atom. The highest BCUT2D eigenvalue weighted by molar-refractivity contribution is 5.87. The number of carbonyl (C=O) groups is 1. The van der Waals surface area contributed by atoms with Gasteiger partial charge in [-0.2, -0.15) is 0 Å². The van der Waals surface area contributed by atoms with Crippen LogP contribution >= 0.6 is 0 Å². The first-order chi connectivity index (χ1) is 16.2. The molecule has 0 fully saturated rings. The second kappa shape index (κ2) is 9.29. The van der Waals surface area contributed by atoms with Gasteiger partial charge in [-0.3, -0.25) is 0 Å². The second-order valence-electron chi connectivity index (χ2n) is 8.43. The van der Waals surface area contributed by atoms with E-state index in [1.54, 1.807) is 12.1 Å². The number of carboxylic acids is 1. The molecular formula is C29H25NO3. The molecule has 0 spiro atoms. The molecule has 0 bridgehead atoms. The lowest BCUT2D eigenvalue weighted by Crippen LogP contribution is -2.12. The highest BCUT2D eigenvalue weighted by Gasteiger charge is 2.26. The van der Waals surface area contributed by atoms with Gasteiger partial charge >= 0.3 is 5.97 Å². The van der Waals surface area contributed by atoms with E-state index in [4.69, 9.17) is 9.40 Å². The molecule has 1 heterocycles. The van der Waals surface area contributed by atoms with Gasteiger partial charge < -0.3 is 9.52 Å². The van der Waals surface area contributed by atoms with Gasteiger partial charge in [-0.25, -0.2) is 9.78 Å².